The quantitative estimate of drug-likeness (QED) is 0.557. The lowest BCUT2D eigenvalue weighted by molar-refractivity contribution is 0.0991. The van der Waals surface area contributed by atoms with Gasteiger partial charge in [-0.25, -0.2) is 4.79 Å². The number of amides is 2. The van der Waals surface area contributed by atoms with Gasteiger partial charge in [0.05, 0.1) is 24.9 Å². The van der Waals surface area contributed by atoms with Crippen LogP contribution in [0.1, 0.15) is 47.2 Å². The molecule has 2 aliphatic rings. The number of nitrogens with zero attached hydrogens (tertiary/aromatic N) is 2. The summed E-state index contributed by atoms with van der Waals surface area (Å²) >= 11 is 3.43. The van der Waals surface area contributed by atoms with E-state index in [4.69, 9.17) is 15.0 Å². The Morgan fingerprint density at radius 3 is 2.97 bits per heavy atom. The van der Waals surface area contributed by atoms with Crippen LogP contribution >= 0.6 is 15.9 Å². The fraction of sp³-hybridized carbons (Fsp3) is 0.500. The molecule has 0 bridgehead atoms. The highest BCUT2D eigenvalue weighted by molar-refractivity contribution is 9.10. The summed E-state index contributed by atoms with van der Waals surface area (Å²) in [5.74, 6) is 1.42. The highest BCUT2D eigenvalue weighted by Crippen LogP contribution is 2.47. The molecule has 0 aromatic carbocycles. The number of halogens is 1. The van der Waals surface area contributed by atoms with Gasteiger partial charge < -0.3 is 25.6 Å². The van der Waals surface area contributed by atoms with Gasteiger partial charge in [-0.15, -0.1) is 0 Å². The maximum atomic E-state index is 11.9. The van der Waals surface area contributed by atoms with Gasteiger partial charge in [0.25, 0.3) is 5.91 Å². The third-order valence-electron chi connectivity index (χ3n) is 5.92. The maximum Gasteiger partial charge on any atom is 0.407 e. The minimum absolute atomic E-state index is 0.0260. The second-order valence-corrected chi connectivity index (χ2v) is 8.79. The smallest absolute Gasteiger partial charge is 0.407 e. The van der Waals surface area contributed by atoms with E-state index in [0.29, 0.717) is 36.2 Å². The van der Waals surface area contributed by atoms with Crippen LogP contribution in [0, 0.1) is 17.8 Å². The number of alkyl carbamates (subject to hydrolysis) is 1. The number of primary amides is 1. The minimum Gasteiger partial charge on any atom is -0.450 e. The van der Waals surface area contributed by atoms with Crippen molar-refractivity contribution in [1.82, 2.24) is 20.8 Å². The molecule has 1 saturated heterocycles. The Bertz CT molecular complexity index is 903. The molecule has 10 heteroatoms. The number of hydrogen-bond donors (Lipinski definition) is 3. The van der Waals surface area contributed by atoms with Gasteiger partial charge in [-0.3, -0.25) is 9.78 Å². The molecule has 30 heavy (non-hydrogen) atoms. The molecule has 160 valence electrons. The molecule has 3 heterocycles. The first-order chi connectivity index (χ1) is 14.5. The van der Waals surface area contributed by atoms with E-state index in [1.807, 2.05) is 12.3 Å². The second-order valence-electron chi connectivity index (χ2n) is 7.87. The van der Waals surface area contributed by atoms with Crippen LogP contribution in [0.3, 0.4) is 0 Å². The third kappa shape index (κ3) is 4.81. The fourth-order valence-electron chi connectivity index (χ4n) is 4.52. The highest BCUT2D eigenvalue weighted by Gasteiger charge is 2.44. The summed E-state index contributed by atoms with van der Waals surface area (Å²) < 4.78 is 11.2. The molecule has 4 N–H and O–H groups in total. The van der Waals surface area contributed by atoms with Crippen LogP contribution in [-0.2, 0) is 11.3 Å². The van der Waals surface area contributed by atoms with Crippen LogP contribution in [0.2, 0.25) is 0 Å². The topological polar surface area (TPSA) is 132 Å². The van der Waals surface area contributed by atoms with Crippen molar-refractivity contribution in [2.24, 2.45) is 23.5 Å². The largest absolute Gasteiger partial charge is 0.450 e. The number of fused-ring (bicyclic) bond motifs is 1. The first kappa shape index (κ1) is 20.8. The monoisotopic (exact) mass is 477 g/mol. The Balaban J connectivity index is 1.18. The zero-order valence-electron chi connectivity index (χ0n) is 16.3. The molecule has 4 atom stereocenters. The van der Waals surface area contributed by atoms with Crippen LogP contribution in [0.15, 0.2) is 33.4 Å². The lowest BCUT2D eigenvalue weighted by atomic mass is 9.91. The van der Waals surface area contributed by atoms with Gasteiger partial charge in [0.1, 0.15) is 0 Å². The number of carbonyl (C=O) groups excluding carboxylic acids is 2. The Kier molecular flexibility index (Phi) is 6.33. The van der Waals surface area contributed by atoms with Crippen molar-refractivity contribution in [3.63, 3.8) is 0 Å². The molecule has 2 amide bonds. The average Bonchev–Trinajstić information content (AvgIpc) is 3.43. The molecule has 1 saturated carbocycles. The van der Waals surface area contributed by atoms with Gasteiger partial charge in [0.15, 0.2) is 11.5 Å². The van der Waals surface area contributed by atoms with Crippen molar-refractivity contribution in [2.75, 3.05) is 13.2 Å². The van der Waals surface area contributed by atoms with Gasteiger partial charge in [0.2, 0.25) is 0 Å². The lowest BCUT2D eigenvalue weighted by Crippen LogP contribution is -2.24. The number of carbonyl (C=O) groups is 2. The molecule has 2 aromatic heterocycles. The van der Waals surface area contributed by atoms with Crippen molar-refractivity contribution < 1.29 is 18.8 Å². The van der Waals surface area contributed by atoms with E-state index in [-0.39, 0.29) is 12.2 Å². The fourth-order valence-corrected chi connectivity index (χ4v) is 4.76. The number of hydrogen-bond acceptors (Lipinski definition) is 7. The Labute approximate surface area is 182 Å². The first-order valence-corrected chi connectivity index (χ1v) is 10.8. The van der Waals surface area contributed by atoms with Crippen LogP contribution in [0.5, 0.6) is 0 Å². The minimum atomic E-state index is -0.678. The standard InChI is InChI=1S/C20H24BrN5O4/c21-13-1-2-16(23-9-13)18-15-6-11(5-12(15)8-24-18)3-4-29-20(28)25-10-14-7-17(19(22)27)26-30-14/h1-2,7,9,11-12,15,18,24H,3-6,8,10H2,(H2,22,27)(H,25,28)/t11-,12+,15-,18-/m1/s1. The number of nitrogens with two attached hydrogens (primary N) is 1. The van der Waals surface area contributed by atoms with Crippen LogP contribution in [0.25, 0.3) is 0 Å². The summed E-state index contributed by atoms with van der Waals surface area (Å²) in [4.78, 5) is 27.4. The average molecular weight is 478 g/mol. The van der Waals surface area contributed by atoms with Crippen LogP contribution in [-0.4, -0.2) is 35.3 Å². The highest BCUT2D eigenvalue weighted by atomic mass is 79.9. The molecule has 0 unspecified atom stereocenters. The molecule has 0 radical (unpaired) electrons. The number of pyridine rings is 1. The van der Waals surface area contributed by atoms with E-state index in [2.05, 4.69) is 42.8 Å². The van der Waals surface area contributed by atoms with Crippen LogP contribution < -0.4 is 16.4 Å². The zero-order chi connectivity index (χ0) is 21.1. The van der Waals surface area contributed by atoms with E-state index in [1.165, 1.54) is 6.07 Å². The molecule has 4 rings (SSSR count). The van der Waals surface area contributed by atoms with Gasteiger partial charge in [-0.2, -0.15) is 0 Å². The lowest BCUT2D eigenvalue weighted by Gasteiger charge is -2.19. The van der Waals surface area contributed by atoms with Gasteiger partial charge in [-0.1, -0.05) is 5.16 Å². The van der Waals surface area contributed by atoms with Crippen molar-refractivity contribution >= 4 is 27.9 Å². The molecule has 9 nitrogen and oxygen atoms in total. The van der Waals surface area contributed by atoms with Crippen molar-refractivity contribution in [1.29, 1.82) is 0 Å². The number of rotatable bonds is 7. The molecular formula is C20H24BrN5O4. The summed E-state index contributed by atoms with van der Waals surface area (Å²) in [7, 11) is 0. The van der Waals surface area contributed by atoms with Crippen molar-refractivity contribution in [2.45, 2.75) is 31.8 Å². The molecule has 1 aliphatic heterocycles. The summed E-state index contributed by atoms with van der Waals surface area (Å²) in [5.41, 5.74) is 6.22. The van der Waals surface area contributed by atoms with E-state index in [9.17, 15) is 9.59 Å². The maximum absolute atomic E-state index is 11.9. The Morgan fingerprint density at radius 1 is 1.37 bits per heavy atom. The number of nitrogens with one attached hydrogen (secondary N) is 2. The molecule has 0 spiro atoms. The van der Waals surface area contributed by atoms with Crippen molar-refractivity contribution in [3.8, 4) is 0 Å². The van der Waals surface area contributed by atoms with Crippen molar-refractivity contribution in [3.05, 3.63) is 46.0 Å². The molecular weight excluding hydrogens is 454 g/mol. The van der Waals surface area contributed by atoms with E-state index < -0.39 is 12.0 Å². The zero-order valence-corrected chi connectivity index (χ0v) is 17.9. The predicted octanol–water partition coefficient (Wildman–Crippen LogP) is 2.53. The van der Waals surface area contributed by atoms with Gasteiger partial charge in [0, 0.05) is 16.7 Å². The SMILES string of the molecule is NC(=O)c1cc(CNC(=O)OCC[C@@H]2C[C@H]3CN[C@@H](c4ccc(Br)cn4)[C@@H]3C2)on1. The molecule has 1 aliphatic carbocycles. The number of aromatic nitrogens is 2. The van der Waals surface area contributed by atoms with E-state index in [1.54, 1.807) is 0 Å². The Hall–Kier alpha value is -2.46. The van der Waals surface area contributed by atoms with Gasteiger partial charge in [-0.05, 0) is 71.6 Å². The number of ether oxygens (including phenoxy) is 1. The predicted molar refractivity (Wildman–Crippen MR) is 110 cm³/mol. The van der Waals surface area contributed by atoms with Crippen LogP contribution in [0.4, 0.5) is 4.79 Å². The van der Waals surface area contributed by atoms with E-state index in [0.717, 1.165) is 36.0 Å². The van der Waals surface area contributed by atoms with E-state index >= 15 is 0 Å². The summed E-state index contributed by atoms with van der Waals surface area (Å²) in [6, 6.07) is 5.80. The molecule has 2 aromatic rings. The summed E-state index contributed by atoms with van der Waals surface area (Å²) in [6.45, 7) is 1.46. The third-order valence-corrected chi connectivity index (χ3v) is 6.39. The summed E-state index contributed by atoms with van der Waals surface area (Å²) in [6.07, 6.45) is 4.41. The first-order valence-electron chi connectivity index (χ1n) is 10.0. The second kappa shape index (κ2) is 9.13. The summed E-state index contributed by atoms with van der Waals surface area (Å²) in [5, 5.41) is 9.71. The van der Waals surface area contributed by atoms with Gasteiger partial charge >= 0.3 is 6.09 Å². The normalized spacial score (nSPS) is 25.1. The Morgan fingerprint density at radius 2 is 2.23 bits per heavy atom. The molecule has 2 fully saturated rings.